The average Bonchev–Trinajstić information content (AvgIpc) is 3.17. The van der Waals surface area contributed by atoms with E-state index < -0.39 is 21.6 Å². The maximum Gasteiger partial charge on any atom is 0.167 e. The van der Waals surface area contributed by atoms with Crippen molar-refractivity contribution in [2.24, 2.45) is 0 Å². The lowest BCUT2D eigenvalue weighted by Crippen LogP contribution is -2.51. The number of rotatable bonds is 5. The minimum atomic E-state index is -1.33. The molecule has 2 atom stereocenters. The van der Waals surface area contributed by atoms with E-state index in [0.717, 1.165) is 39.0 Å². The fourth-order valence-corrected chi connectivity index (χ4v) is 4.67. The van der Waals surface area contributed by atoms with Gasteiger partial charge in [-0.2, -0.15) is 0 Å². The summed E-state index contributed by atoms with van der Waals surface area (Å²) in [4.78, 5) is 4.71. The monoisotopic (exact) mass is 433 g/mol. The Kier molecular flexibility index (Phi) is 5.64. The van der Waals surface area contributed by atoms with Gasteiger partial charge in [-0.25, -0.2) is 0 Å². The van der Waals surface area contributed by atoms with Gasteiger partial charge in [-0.15, -0.1) is 4.72 Å². The summed E-state index contributed by atoms with van der Waals surface area (Å²) in [5.74, 6) is 0. The molecule has 0 aliphatic rings. The minimum absolute atomic E-state index is 0.445. The molecule has 0 fully saturated rings. The first kappa shape index (κ1) is 21.6. The van der Waals surface area contributed by atoms with Gasteiger partial charge in [0.25, 0.3) is 0 Å². The van der Waals surface area contributed by atoms with Gasteiger partial charge in [0.05, 0.1) is 5.69 Å². The Hall–Kier alpha value is -2.67. The van der Waals surface area contributed by atoms with Gasteiger partial charge in [0.1, 0.15) is 16.0 Å². The summed E-state index contributed by atoms with van der Waals surface area (Å²) in [5.41, 5.74) is 4.37. The molecule has 0 amide bonds. The van der Waals surface area contributed by atoms with Crippen molar-refractivity contribution in [3.8, 4) is 11.3 Å². The number of benzene rings is 2. The number of pyridine rings is 1. The molecule has 31 heavy (non-hydrogen) atoms. The van der Waals surface area contributed by atoms with Gasteiger partial charge in [-0.1, -0.05) is 47.6 Å². The van der Waals surface area contributed by atoms with Crippen molar-refractivity contribution in [3.63, 3.8) is 0 Å². The molecule has 160 valence electrons. The van der Waals surface area contributed by atoms with Crippen LogP contribution in [0.5, 0.6) is 0 Å². The number of nitrogens with one attached hydrogen (secondary N) is 1. The number of nitrogens with zero attached hydrogens (tertiary/aromatic N) is 2. The van der Waals surface area contributed by atoms with Crippen molar-refractivity contribution in [2.45, 2.75) is 44.9 Å². The van der Waals surface area contributed by atoms with Gasteiger partial charge in [-0.3, -0.25) is 4.98 Å². The van der Waals surface area contributed by atoms with E-state index in [2.05, 4.69) is 9.88 Å². The largest absolute Gasteiger partial charge is 0.598 e. The van der Waals surface area contributed by atoms with Crippen LogP contribution >= 0.6 is 0 Å². The van der Waals surface area contributed by atoms with E-state index >= 15 is 0 Å². The first-order valence-electron chi connectivity index (χ1n) is 10.3. The average molecular weight is 434 g/mol. The second-order valence-corrected chi connectivity index (χ2v) is 10.8. The first-order chi connectivity index (χ1) is 14.7. The van der Waals surface area contributed by atoms with Crippen LogP contribution < -0.4 is 4.72 Å². The van der Waals surface area contributed by atoms with Crippen LogP contribution in [-0.2, 0) is 16.9 Å². The Morgan fingerprint density at radius 2 is 1.65 bits per heavy atom. The summed E-state index contributed by atoms with van der Waals surface area (Å²) in [6.07, 6.45) is 1.77. The number of aromatic nitrogens is 2. The van der Waals surface area contributed by atoms with Crippen LogP contribution in [0.3, 0.4) is 0 Å². The molecule has 2 unspecified atom stereocenters. The minimum Gasteiger partial charge on any atom is -0.598 e. The highest BCUT2D eigenvalue weighted by Crippen LogP contribution is 2.40. The molecular formula is C25H27N3O2S. The highest BCUT2D eigenvalue weighted by atomic mass is 32.2. The Morgan fingerprint density at radius 3 is 2.39 bits per heavy atom. The molecule has 0 saturated heterocycles. The zero-order valence-corrected chi connectivity index (χ0v) is 19.3. The highest BCUT2D eigenvalue weighted by molar-refractivity contribution is 7.90. The van der Waals surface area contributed by atoms with Gasteiger partial charge in [-0.05, 0) is 63.9 Å². The van der Waals surface area contributed by atoms with Crippen molar-refractivity contribution in [3.05, 3.63) is 83.7 Å². The van der Waals surface area contributed by atoms with E-state index in [0.29, 0.717) is 0 Å². The van der Waals surface area contributed by atoms with E-state index in [9.17, 15) is 4.55 Å². The Labute approximate surface area is 186 Å². The summed E-state index contributed by atoms with van der Waals surface area (Å²) in [7, 11) is 0. The normalized spacial score (nSPS) is 15.0. The van der Waals surface area contributed by atoms with Crippen LogP contribution in [0.25, 0.3) is 22.2 Å². The molecule has 6 heteroatoms. The Bertz CT molecular complexity index is 1210. The number of para-hydroxylation sites is 1. The molecule has 1 N–H and O–H groups in total. The molecule has 0 saturated carbocycles. The van der Waals surface area contributed by atoms with E-state index in [-0.39, 0.29) is 0 Å². The first-order valence-corrected chi connectivity index (χ1v) is 11.4. The number of aryl methyl sites for hydroxylation is 1. The third kappa shape index (κ3) is 3.99. The van der Waals surface area contributed by atoms with E-state index in [1.807, 2.05) is 95.3 Å². The molecule has 0 aliphatic carbocycles. The lowest BCUT2D eigenvalue weighted by Gasteiger charge is -2.36. The molecule has 2 aromatic carbocycles. The molecule has 2 aromatic heterocycles. The molecule has 5 nitrogen and oxygen atoms in total. The quantitative estimate of drug-likeness (QED) is 0.420. The second kappa shape index (κ2) is 8.11. The van der Waals surface area contributed by atoms with E-state index in [1.54, 1.807) is 6.20 Å². The number of fused-ring (bicyclic) bond motifs is 1. The van der Waals surface area contributed by atoms with Crippen molar-refractivity contribution in [1.82, 2.24) is 14.9 Å². The van der Waals surface area contributed by atoms with Crippen LogP contribution in [0.15, 0.2) is 71.4 Å². The third-order valence-electron chi connectivity index (χ3n) is 5.43. The molecule has 0 spiro atoms. The highest BCUT2D eigenvalue weighted by Gasteiger charge is 2.42. The van der Waals surface area contributed by atoms with Crippen molar-refractivity contribution in [1.29, 1.82) is 0 Å². The molecule has 2 heterocycles. The van der Waals surface area contributed by atoms with Crippen molar-refractivity contribution in [2.75, 3.05) is 0 Å². The van der Waals surface area contributed by atoms with E-state index in [4.69, 9.17) is 9.51 Å². The van der Waals surface area contributed by atoms with E-state index in [1.165, 1.54) is 0 Å². The lowest BCUT2D eigenvalue weighted by atomic mass is 9.83. The molecule has 0 aliphatic heterocycles. The van der Waals surface area contributed by atoms with Gasteiger partial charge < -0.3 is 9.08 Å². The number of hydrogen-bond acceptors (Lipinski definition) is 5. The second-order valence-electron chi connectivity index (χ2n) is 8.85. The standard InChI is InChI=1S/C25H27N3O2S/c1-17-11-10-16-26-23(17)25(5,28-31(29)24(2,3)4)20-14-8-6-12-18(20)22-19-13-7-9-15-21(19)30-27-22/h6-16,28H,1-5H3. The third-order valence-corrected chi connectivity index (χ3v) is 7.14. The summed E-state index contributed by atoms with van der Waals surface area (Å²) < 4.78 is 21.8. The van der Waals surface area contributed by atoms with Crippen LogP contribution in [0, 0.1) is 6.92 Å². The van der Waals surface area contributed by atoms with Crippen LogP contribution in [0.4, 0.5) is 0 Å². The van der Waals surface area contributed by atoms with Gasteiger partial charge in [0, 0.05) is 28.5 Å². The summed E-state index contributed by atoms with van der Waals surface area (Å²) in [5, 5.41) is 5.32. The van der Waals surface area contributed by atoms with Crippen LogP contribution in [-0.4, -0.2) is 19.4 Å². The Balaban J connectivity index is 1.96. The molecular weight excluding hydrogens is 406 g/mol. The molecule has 4 rings (SSSR count). The zero-order chi connectivity index (χ0) is 22.2. The summed E-state index contributed by atoms with van der Waals surface area (Å²) in [6.45, 7) is 9.93. The SMILES string of the molecule is Cc1cccnc1C(C)(N[S+]([O-])C(C)(C)C)c1ccccc1-c1noc2ccccc12. The molecule has 4 aromatic rings. The van der Waals surface area contributed by atoms with Gasteiger partial charge in [0.2, 0.25) is 0 Å². The predicted octanol–water partition coefficient (Wildman–Crippen LogP) is 5.51. The zero-order valence-electron chi connectivity index (χ0n) is 18.5. The fraction of sp³-hybridized carbons (Fsp3) is 0.280. The predicted molar refractivity (Wildman–Crippen MR) is 126 cm³/mol. The molecule has 0 radical (unpaired) electrons. The maximum absolute atomic E-state index is 13.3. The summed E-state index contributed by atoms with van der Waals surface area (Å²) >= 11 is -1.33. The van der Waals surface area contributed by atoms with Gasteiger partial charge in [0.15, 0.2) is 5.58 Å². The lowest BCUT2D eigenvalue weighted by molar-refractivity contribution is 0.457. The Morgan fingerprint density at radius 1 is 0.935 bits per heavy atom. The van der Waals surface area contributed by atoms with Crippen molar-refractivity contribution >= 4 is 22.3 Å². The molecule has 0 bridgehead atoms. The smallest absolute Gasteiger partial charge is 0.167 e. The topological polar surface area (TPSA) is 74.0 Å². The fourth-order valence-electron chi connectivity index (χ4n) is 3.78. The van der Waals surface area contributed by atoms with Crippen molar-refractivity contribution < 1.29 is 9.08 Å². The van der Waals surface area contributed by atoms with Gasteiger partial charge >= 0.3 is 0 Å². The summed E-state index contributed by atoms with van der Waals surface area (Å²) in [6, 6.07) is 19.8. The van der Waals surface area contributed by atoms with Crippen LogP contribution in [0.1, 0.15) is 44.5 Å². The number of hydrogen-bond donors (Lipinski definition) is 1. The van der Waals surface area contributed by atoms with Crippen LogP contribution in [0.2, 0.25) is 0 Å². The maximum atomic E-state index is 13.3.